The van der Waals surface area contributed by atoms with Crippen LogP contribution in [0.4, 0.5) is 15.9 Å². The smallest absolute Gasteiger partial charge is 0.143 e. The maximum Gasteiger partial charge on any atom is 0.143 e. The van der Waals surface area contributed by atoms with Gasteiger partial charge in [0.15, 0.2) is 0 Å². The highest BCUT2D eigenvalue weighted by atomic mass is 35.5. The predicted octanol–water partition coefficient (Wildman–Crippen LogP) is 2.39. The number of hydrogen-bond donors (Lipinski definition) is 4. The zero-order valence-electron chi connectivity index (χ0n) is 14.5. The fraction of sp³-hybridized carbons (Fsp3) is 0.333. The molecule has 1 aliphatic heterocycles. The van der Waals surface area contributed by atoms with E-state index >= 15 is 0 Å². The molecule has 1 aliphatic rings. The molecule has 1 fully saturated rings. The lowest BCUT2D eigenvalue weighted by atomic mass is 10.0. The molecule has 3 aromatic rings. The third kappa shape index (κ3) is 3.74. The van der Waals surface area contributed by atoms with Crippen molar-refractivity contribution in [3.8, 4) is 0 Å². The van der Waals surface area contributed by atoms with E-state index in [2.05, 4.69) is 25.2 Å². The summed E-state index contributed by atoms with van der Waals surface area (Å²) in [4.78, 5) is 13.9. The number of aromatic amines is 1. The van der Waals surface area contributed by atoms with Gasteiger partial charge in [0, 0.05) is 37.6 Å². The Kier molecular flexibility index (Phi) is 4.96. The third-order valence-corrected chi connectivity index (χ3v) is 5.14. The minimum Gasteiger partial charge on any atom is -0.390 e. The van der Waals surface area contributed by atoms with E-state index in [1.54, 1.807) is 6.07 Å². The molecule has 27 heavy (non-hydrogen) atoms. The quantitative estimate of drug-likeness (QED) is 0.545. The molecular formula is C18H20ClFN6O. The number of halogens is 2. The molecule has 3 heterocycles. The Morgan fingerprint density at radius 1 is 1.41 bits per heavy atom. The van der Waals surface area contributed by atoms with Gasteiger partial charge in [-0.2, -0.15) is 0 Å². The van der Waals surface area contributed by atoms with Crippen molar-refractivity contribution in [3.63, 3.8) is 0 Å². The highest BCUT2D eigenvalue weighted by Gasteiger charge is 2.25. The summed E-state index contributed by atoms with van der Waals surface area (Å²) in [6.07, 6.45) is 3.57. The summed E-state index contributed by atoms with van der Waals surface area (Å²) in [5.74, 6) is 0.132. The number of rotatable bonds is 4. The second-order valence-corrected chi connectivity index (χ2v) is 7.18. The minimum absolute atomic E-state index is 0.0400. The molecule has 1 aromatic carbocycles. The van der Waals surface area contributed by atoms with Crippen molar-refractivity contribution in [2.45, 2.75) is 25.1 Å². The molecule has 0 bridgehead atoms. The SMILES string of the molecule is N[C@@H]1CCN(Cc2c[nH]c3ncnc(Nc4ccc(F)c(Cl)c4)c23)C[C@H]1O. The summed E-state index contributed by atoms with van der Waals surface area (Å²) < 4.78 is 13.4. The van der Waals surface area contributed by atoms with Crippen LogP contribution in [0.15, 0.2) is 30.7 Å². The number of likely N-dealkylation sites (tertiary alicyclic amines) is 1. The Balaban J connectivity index is 1.62. The molecule has 7 nitrogen and oxygen atoms in total. The first kappa shape index (κ1) is 18.1. The van der Waals surface area contributed by atoms with Crippen LogP contribution in [-0.4, -0.2) is 50.2 Å². The Bertz CT molecular complexity index is 964. The van der Waals surface area contributed by atoms with Gasteiger partial charge in [-0.15, -0.1) is 0 Å². The highest BCUT2D eigenvalue weighted by molar-refractivity contribution is 6.31. The van der Waals surface area contributed by atoms with Crippen LogP contribution in [0.1, 0.15) is 12.0 Å². The molecule has 0 amide bonds. The van der Waals surface area contributed by atoms with Crippen molar-refractivity contribution >= 4 is 34.1 Å². The Labute approximate surface area is 160 Å². The van der Waals surface area contributed by atoms with Gasteiger partial charge in [0.2, 0.25) is 0 Å². The van der Waals surface area contributed by atoms with Gasteiger partial charge in [0.1, 0.15) is 23.6 Å². The van der Waals surface area contributed by atoms with Gasteiger partial charge in [-0.25, -0.2) is 14.4 Å². The van der Waals surface area contributed by atoms with E-state index < -0.39 is 11.9 Å². The molecular weight excluding hydrogens is 371 g/mol. The molecule has 2 atom stereocenters. The number of nitrogens with one attached hydrogen (secondary N) is 2. The van der Waals surface area contributed by atoms with Crippen LogP contribution in [0, 0.1) is 5.82 Å². The second-order valence-electron chi connectivity index (χ2n) is 6.77. The summed E-state index contributed by atoms with van der Waals surface area (Å²) in [6, 6.07) is 4.25. The molecule has 4 rings (SSSR count). The number of fused-ring (bicyclic) bond motifs is 1. The van der Waals surface area contributed by atoms with Gasteiger partial charge in [-0.3, -0.25) is 4.90 Å². The van der Waals surface area contributed by atoms with Crippen LogP contribution in [-0.2, 0) is 6.54 Å². The van der Waals surface area contributed by atoms with Crippen LogP contribution >= 0.6 is 11.6 Å². The van der Waals surface area contributed by atoms with Crippen molar-refractivity contribution in [3.05, 3.63) is 47.1 Å². The fourth-order valence-corrected chi connectivity index (χ4v) is 3.54. The molecule has 0 radical (unpaired) electrons. The first-order chi connectivity index (χ1) is 13.0. The number of piperidine rings is 1. The van der Waals surface area contributed by atoms with E-state index in [1.165, 1.54) is 18.5 Å². The van der Waals surface area contributed by atoms with Gasteiger partial charge in [0.05, 0.1) is 16.5 Å². The van der Waals surface area contributed by atoms with E-state index in [0.29, 0.717) is 30.2 Å². The lowest BCUT2D eigenvalue weighted by Crippen LogP contribution is -2.50. The molecule has 2 aromatic heterocycles. The molecule has 0 unspecified atom stereocenters. The Morgan fingerprint density at radius 2 is 2.26 bits per heavy atom. The van der Waals surface area contributed by atoms with Gasteiger partial charge < -0.3 is 21.1 Å². The van der Waals surface area contributed by atoms with Crippen LogP contribution in [0.2, 0.25) is 5.02 Å². The fourth-order valence-electron chi connectivity index (χ4n) is 3.36. The number of aliphatic hydroxyl groups is 1. The summed E-state index contributed by atoms with van der Waals surface area (Å²) in [7, 11) is 0. The normalized spacial score (nSPS) is 20.9. The average molecular weight is 391 g/mol. The van der Waals surface area contributed by atoms with Crippen molar-refractivity contribution < 1.29 is 9.50 Å². The van der Waals surface area contributed by atoms with Crippen LogP contribution < -0.4 is 11.1 Å². The topological polar surface area (TPSA) is 103 Å². The standard InChI is InChI=1S/C18H20ClFN6O/c19-12-5-11(1-2-13(12)20)25-18-16-10(6-22-17(16)23-9-24-18)7-26-4-3-14(21)15(27)8-26/h1-2,5-6,9,14-15,27H,3-4,7-8,21H2,(H2,22,23,24,25)/t14-,15-/m1/s1. The van der Waals surface area contributed by atoms with Gasteiger partial charge >= 0.3 is 0 Å². The van der Waals surface area contributed by atoms with Crippen molar-refractivity contribution in [1.29, 1.82) is 0 Å². The Hall–Kier alpha value is -2.26. The summed E-state index contributed by atoms with van der Waals surface area (Å²) in [5.41, 5.74) is 8.22. The molecule has 142 valence electrons. The van der Waals surface area contributed by atoms with E-state index in [0.717, 1.165) is 23.9 Å². The number of hydrogen-bond acceptors (Lipinski definition) is 6. The van der Waals surface area contributed by atoms with Crippen molar-refractivity contribution in [2.24, 2.45) is 5.73 Å². The predicted molar refractivity (Wildman–Crippen MR) is 102 cm³/mol. The van der Waals surface area contributed by atoms with Crippen molar-refractivity contribution in [2.75, 3.05) is 18.4 Å². The number of benzene rings is 1. The maximum absolute atomic E-state index is 13.4. The van der Waals surface area contributed by atoms with E-state index in [1.807, 2.05) is 6.20 Å². The Morgan fingerprint density at radius 3 is 3.04 bits per heavy atom. The number of aromatic nitrogens is 3. The van der Waals surface area contributed by atoms with E-state index in [-0.39, 0.29) is 11.1 Å². The average Bonchev–Trinajstić information content (AvgIpc) is 3.05. The number of H-pyrrole nitrogens is 1. The number of nitrogens with zero attached hydrogens (tertiary/aromatic N) is 3. The molecule has 0 aliphatic carbocycles. The van der Waals surface area contributed by atoms with Gasteiger partial charge in [-0.05, 0) is 30.2 Å². The van der Waals surface area contributed by atoms with E-state index in [4.69, 9.17) is 17.3 Å². The largest absolute Gasteiger partial charge is 0.390 e. The highest BCUT2D eigenvalue weighted by Crippen LogP contribution is 2.29. The summed E-state index contributed by atoms with van der Waals surface area (Å²) in [5, 5.41) is 14.1. The lowest BCUT2D eigenvalue weighted by molar-refractivity contribution is 0.0501. The van der Waals surface area contributed by atoms with Crippen LogP contribution in [0.25, 0.3) is 11.0 Å². The summed E-state index contributed by atoms with van der Waals surface area (Å²) in [6.45, 7) is 1.97. The van der Waals surface area contributed by atoms with E-state index in [9.17, 15) is 9.50 Å². The van der Waals surface area contributed by atoms with Crippen LogP contribution in [0.5, 0.6) is 0 Å². The molecule has 0 saturated carbocycles. The summed E-state index contributed by atoms with van der Waals surface area (Å²) >= 11 is 5.87. The van der Waals surface area contributed by atoms with Crippen LogP contribution in [0.3, 0.4) is 0 Å². The van der Waals surface area contributed by atoms with Gasteiger partial charge in [-0.1, -0.05) is 11.6 Å². The third-order valence-electron chi connectivity index (χ3n) is 4.85. The van der Waals surface area contributed by atoms with Gasteiger partial charge in [0.25, 0.3) is 0 Å². The number of β-amino-alcohol motifs (C(OH)–C–C–N with tert-alkyl or cyclic N) is 1. The monoisotopic (exact) mass is 390 g/mol. The molecule has 1 saturated heterocycles. The molecule has 0 spiro atoms. The minimum atomic E-state index is -0.529. The maximum atomic E-state index is 13.4. The second kappa shape index (κ2) is 7.40. The zero-order chi connectivity index (χ0) is 19.0. The zero-order valence-corrected chi connectivity index (χ0v) is 15.2. The first-order valence-corrected chi connectivity index (χ1v) is 9.08. The lowest BCUT2D eigenvalue weighted by Gasteiger charge is -2.33. The number of aliphatic hydroxyl groups excluding tert-OH is 1. The molecule has 5 N–H and O–H groups in total. The molecule has 9 heteroatoms. The first-order valence-electron chi connectivity index (χ1n) is 8.70. The number of nitrogens with two attached hydrogens (primary N) is 1. The number of anilines is 2. The van der Waals surface area contributed by atoms with Crippen molar-refractivity contribution in [1.82, 2.24) is 19.9 Å².